The Morgan fingerprint density at radius 3 is 2.38 bits per heavy atom. The van der Waals surface area contributed by atoms with Gasteiger partial charge in [-0.1, -0.05) is 6.92 Å². The molecule has 1 fully saturated rings. The Kier molecular flexibility index (Phi) is 5.00. The van der Waals surface area contributed by atoms with Gasteiger partial charge >= 0.3 is 0 Å². The van der Waals surface area contributed by atoms with E-state index in [0.29, 0.717) is 26.2 Å². The number of aryl methyl sites for hydroxylation is 1. The van der Waals surface area contributed by atoms with Crippen LogP contribution in [0.3, 0.4) is 0 Å². The molecule has 8 heteroatoms. The largest absolute Gasteiger partial charge is 0.370 e. The minimum Gasteiger partial charge on any atom is -0.370 e. The molecule has 0 atom stereocenters. The molecule has 1 N–H and O–H groups in total. The normalized spacial score (nSPS) is 17.0. The maximum atomic E-state index is 11.5. The zero-order valence-electron chi connectivity index (χ0n) is 12.8. The summed E-state index contributed by atoms with van der Waals surface area (Å²) in [6, 6.07) is 1.93. The van der Waals surface area contributed by atoms with Crippen LogP contribution in [-0.4, -0.2) is 61.7 Å². The Hall–Kier alpha value is -1.41. The molecule has 0 saturated carbocycles. The summed E-state index contributed by atoms with van der Waals surface area (Å²) in [7, 11) is -3.10. The highest BCUT2D eigenvalue weighted by molar-refractivity contribution is 7.88. The standard InChI is InChI=1S/C13H23N5O2S/c1-4-11-15-12(14-5-2)10-13(16-11)17-6-8-18(9-7-17)21(3,19)20/h10H,4-9H2,1-3H3,(H,14,15,16). The number of piperazine rings is 1. The van der Waals surface area contributed by atoms with Crippen LogP contribution < -0.4 is 10.2 Å². The van der Waals surface area contributed by atoms with Crippen LogP contribution in [0.2, 0.25) is 0 Å². The lowest BCUT2D eigenvalue weighted by Gasteiger charge is -2.34. The van der Waals surface area contributed by atoms with Gasteiger partial charge in [0.25, 0.3) is 0 Å². The smallest absolute Gasteiger partial charge is 0.211 e. The van der Waals surface area contributed by atoms with Crippen molar-refractivity contribution in [2.75, 3.05) is 49.2 Å². The van der Waals surface area contributed by atoms with Crippen LogP contribution in [0, 0.1) is 0 Å². The van der Waals surface area contributed by atoms with E-state index in [2.05, 4.69) is 20.2 Å². The van der Waals surface area contributed by atoms with Crippen molar-refractivity contribution in [3.05, 3.63) is 11.9 Å². The van der Waals surface area contributed by atoms with E-state index in [-0.39, 0.29) is 0 Å². The molecule has 1 aromatic heterocycles. The predicted octanol–water partition coefficient (Wildman–Crippen LogP) is 0.552. The summed E-state index contributed by atoms with van der Waals surface area (Å²) in [5, 5.41) is 3.21. The maximum Gasteiger partial charge on any atom is 0.211 e. The number of anilines is 2. The molecule has 1 aromatic rings. The SMILES string of the molecule is CCNc1cc(N2CCN(S(C)(=O)=O)CC2)nc(CC)n1. The van der Waals surface area contributed by atoms with Crippen LogP contribution in [0.5, 0.6) is 0 Å². The van der Waals surface area contributed by atoms with E-state index >= 15 is 0 Å². The number of hydrogen-bond donors (Lipinski definition) is 1. The molecule has 21 heavy (non-hydrogen) atoms. The van der Waals surface area contributed by atoms with Crippen LogP contribution in [0.4, 0.5) is 11.6 Å². The fourth-order valence-corrected chi connectivity index (χ4v) is 3.15. The number of aromatic nitrogens is 2. The molecule has 0 unspecified atom stereocenters. The van der Waals surface area contributed by atoms with Gasteiger partial charge in [0, 0.05) is 45.2 Å². The molecule has 0 bridgehead atoms. The van der Waals surface area contributed by atoms with Crippen LogP contribution >= 0.6 is 0 Å². The summed E-state index contributed by atoms with van der Waals surface area (Å²) in [6.45, 7) is 7.16. The van der Waals surface area contributed by atoms with Crippen LogP contribution in [0.15, 0.2) is 6.07 Å². The quantitative estimate of drug-likeness (QED) is 0.855. The van der Waals surface area contributed by atoms with Crippen LogP contribution in [0.1, 0.15) is 19.7 Å². The first kappa shape index (κ1) is 16.0. The van der Waals surface area contributed by atoms with Gasteiger partial charge in [-0.05, 0) is 6.92 Å². The monoisotopic (exact) mass is 313 g/mol. The summed E-state index contributed by atoms with van der Waals surface area (Å²) < 4.78 is 24.6. The Morgan fingerprint density at radius 1 is 1.19 bits per heavy atom. The second-order valence-electron chi connectivity index (χ2n) is 5.06. The average molecular weight is 313 g/mol. The van der Waals surface area contributed by atoms with Gasteiger partial charge in [0.1, 0.15) is 17.5 Å². The number of sulfonamides is 1. The zero-order valence-corrected chi connectivity index (χ0v) is 13.7. The van der Waals surface area contributed by atoms with Crippen molar-refractivity contribution in [1.82, 2.24) is 14.3 Å². The molecule has 0 spiro atoms. The summed E-state index contributed by atoms with van der Waals surface area (Å²) in [5.74, 6) is 2.49. The average Bonchev–Trinajstić information content (AvgIpc) is 2.46. The molecule has 2 heterocycles. The second kappa shape index (κ2) is 6.57. The van der Waals surface area contributed by atoms with E-state index < -0.39 is 10.0 Å². The molecule has 0 radical (unpaired) electrons. The highest BCUT2D eigenvalue weighted by Crippen LogP contribution is 2.18. The van der Waals surface area contributed by atoms with Gasteiger partial charge in [0.05, 0.1) is 6.26 Å². The lowest BCUT2D eigenvalue weighted by atomic mass is 10.3. The lowest BCUT2D eigenvalue weighted by molar-refractivity contribution is 0.387. The summed E-state index contributed by atoms with van der Waals surface area (Å²) in [6.07, 6.45) is 2.03. The molecule has 1 saturated heterocycles. The van der Waals surface area contributed by atoms with E-state index in [4.69, 9.17) is 0 Å². The summed E-state index contributed by atoms with van der Waals surface area (Å²) in [4.78, 5) is 11.1. The Labute approximate surface area is 126 Å². The molecule has 1 aliphatic rings. The lowest BCUT2D eigenvalue weighted by Crippen LogP contribution is -2.48. The summed E-state index contributed by atoms with van der Waals surface area (Å²) >= 11 is 0. The van der Waals surface area contributed by atoms with E-state index in [1.54, 1.807) is 0 Å². The van der Waals surface area contributed by atoms with E-state index in [1.165, 1.54) is 10.6 Å². The molecular formula is C13H23N5O2S. The van der Waals surface area contributed by atoms with Crippen LogP contribution in [-0.2, 0) is 16.4 Å². The van der Waals surface area contributed by atoms with Crippen molar-refractivity contribution in [2.24, 2.45) is 0 Å². The number of nitrogens with zero attached hydrogens (tertiary/aromatic N) is 4. The molecule has 2 rings (SSSR count). The molecule has 0 aromatic carbocycles. The van der Waals surface area contributed by atoms with Crippen molar-refractivity contribution in [2.45, 2.75) is 20.3 Å². The third-order valence-electron chi connectivity index (χ3n) is 3.46. The minimum atomic E-state index is -3.10. The minimum absolute atomic E-state index is 0.501. The summed E-state index contributed by atoms with van der Waals surface area (Å²) in [5.41, 5.74) is 0. The highest BCUT2D eigenvalue weighted by Gasteiger charge is 2.24. The van der Waals surface area contributed by atoms with Crippen molar-refractivity contribution in [3.63, 3.8) is 0 Å². The van der Waals surface area contributed by atoms with Gasteiger partial charge in [-0.3, -0.25) is 0 Å². The number of hydrogen-bond acceptors (Lipinski definition) is 6. The number of rotatable bonds is 5. The molecular weight excluding hydrogens is 290 g/mol. The highest BCUT2D eigenvalue weighted by atomic mass is 32.2. The van der Waals surface area contributed by atoms with Crippen molar-refractivity contribution >= 4 is 21.7 Å². The second-order valence-corrected chi connectivity index (χ2v) is 7.04. The third-order valence-corrected chi connectivity index (χ3v) is 4.77. The molecule has 1 aliphatic heterocycles. The van der Waals surface area contributed by atoms with Crippen molar-refractivity contribution in [3.8, 4) is 0 Å². The third kappa shape index (κ3) is 4.04. The van der Waals surface area contributed by atoms with Gasteiger partial charge in [0.2, 0.25) is 10.0 Å². The van der Waals surface area contributed by atoms with E-state index in [0.717, 1.165) is 30.4 Å². The Morgan fingerprint density at radius 2 is 1.86 bits per heavy atom. The molecule has 7 nitrogen and oxygen atoms in total. The number of nitrogens with one attached hydrogen (secondary N) is 1. The first-order chi connectivity index (χ1) is 9.94. The van der Waals surface area contributed by atoms with Crippen molar-refractivity contribution in [1.29, 1.82) is 0 Å². The van der Waals surface area contributed by atoms with Crippen molar-refractivity contribution < 1.29 is 8.42 Å². The van der Waals surface area contributed by atoms with Gasteiger partial charge < -0.3 is 10.2 Å². The fraction of sp³-hybridized carbons (Fsp3) is 0.692. The molecule has 0 amide bonds. The topological polar surface area (TPSA) is 78.4 Å². The van der Waals surface area contributed by atoms with Gasteiger partial charge in [0.15, 0.2) is 0 Å². The van der Waals surface area contributed by atoms with Gasteiger partial charge in [-0.15, -0.1) is 0 Å². The Balaban J connectivity index is 2.14. The maximum absolute atomic E-state index is 11.5. The zero-order chi connectivity index (χ0) is 15.5. The Bertz CT molecular complexity index is 582. The molecule has 0 aliphatic carbocycles. The van der Waals surface area contributed by atoms with E-state index in [1.807, 2.05) is 19.9 Å². The van der Waals surface area contributed by atoms with Gasteiger partial charge in [-0.25, -0.2) is 18.4 Å². The van der Waals surface area contributed by atoms with Crippen LogP contribution in [0.25, 0.3) is 0 Å². The molecule has 118 valence electrons. The fourth-order valence-electron chi connectivity index (χ4n) is 2.32. The van der Waals surface area contributed by atoms with E-state index in [9.17, 15) is 8.42 Å². The first-order valence-corrected chi connectivity index (χ1v) is 9.10. The first-order valence-electron chi connectivity index (χ1n) is 7.26. The van der Waals surface area contributed by atoms with Gasteiger partial charge in [-0.2, -0.15) is 4.31 Å². The predicted molar refractivity (Wildman–Crippen MR) is 84.2 cm³/mol.